The molecule has 0 bridgehead atoms. The third-order valence-electron chi connectivity index (χ3n) is 4.89. The molecule has 0 aromatic heterocycles. The number of carboxylic acids is 1. The van der Waals surface area contributed by atoms with Crippen LogP contribution in [0.25, 0.3) is 11.1 Å². The topological polar surface area (TPSA) is 105 Å². The Balaban J connectivity index is 1.49. The minimum atomic E-state index is -1.26. The van der Waals surface area contributed by atoms with Crippen LogP contribution in [0.2, 0.25) is 0 Å². The van der Waals surface area contributed by atoms with Gasteiger partial charge in [-0.2, -0.15) is 0 Å². The molecule has 2 amide bonds. The molecule has 30 heavy (non-hydrogen) atoms. The van der Waals surface area contributed by atoms with Crippen LogP contribution in [0.4, 0.5) is 4.79 Å². The Kier molecular flexibility index (Phi) is 6.71. The first-order valence-corrected chi connectivity index (χ1v) is 9.55. The van der Waals surface area contributed by atoms with Crippen LogP contribution in [0.5, 0.6) is 0 Å². The SMILES string of the molecule is CC(CNC(=O)OCC1c2ccccc2-c2ccccc21)C(=O)NCC#CC(=O)O. The van der Waals surface area contributed by atoms with Crippen molar-refractivity contribution in [1.82, 2.24) is 10.6 Å². The van der Waals surface area contributed by atoms with E-state index in [-0.39, 0.29) is 31.5 Å². The van der Waals surface area contributed by atoms with Gasteiger partial charge < -0.3 is 20.5 Å². The number of amides is 2. The van der Waals surface area contributed by atoms with Crippen molar-refractivity contribution in [2.24, 2.45) is 5.92 Å². The average Bonchev–Trinajstić information content (AvgIpc) is 3.07. The zero-order valence-corrected chi connectivity index (χ0v) is 16.5. The van der Waals surface area contributed by atoms with Crippen LogP contribution in [0.1, 0.15) is 24.0 Å². The zero-order valence-electron chi connectivity index (χ0n) is 16.5. The van der Waals surface area contributed by atoms with E-state index >= 15 is 0 Å². The predicted molar refractivity (Wildman–Crippen MR) is 111 cm³/mol. The number of carboxylic acid groups (broad SMARTS) is 1. The standard InChI is InChI=1S/C23H22N2O5/c1-15(22(28)24-12-6-11-21(26)27)13-25-23(29)30-14-20-18-9-4-2-7-16(18)17-8-3-5-10-19(17)20/h2-5,7-10,15,20H,12-14H2,1H3,(H,24,28)(H,25,29)(H,26,27). The number of alkyl carbamates (subject to hydrolysis) is 1. The molecule has 2 aromatic rings. The van der Waals surface area contributed by atoms with Gasteiger partial charge >= 0.3 is 12.1 Å². The highest BCUT2D eigenvalue weighted by Crippen LogP contribution is 2.44. The molecule has 2 aromatic carbocycles. The predicted octanol–water partition coefficient (Wildman–Crippen LogP) is 2.37. The van der Waals surface area contributed by atoms with Gasteiger partial charge in [-0.1, -0.05) is 61.4 Å². The van der Waals surface area contributed by atoms with E-state index < -0.39 is 18.0 Å². The van der Waals surface area contributed by atoms with Gasteiger partial charge in [0, 0.05) is 18.4 Å². The van der Waals surface area contributed by atoms with Gasteiger partial charge in [0.05, 0.1) is 12.5 Å². The van der Waals surface area contributed by atoms with E-state index in [4.69, 9.17) is 9.84 Å². The number of carbonyl (C=O) groups is 3. The van der Waals surface area contributed by atoms with Crippen molar-refractivity contribution in [2.45, 2.75) is 12.8 Å². The van der Waals surface area contributed by atoms with E-state index in [0.717, 1.165) is 22.3 Å². The third-order valence-corrected chi connectivity index (χ3v) is 4.89. The third kappa shape index (κ3) is 4.97. The number of rotatable bonds is 6. The Morgan fingerprint density at radius 3 is 2.23 bits per heavy atom. The quantitative estimate of drug-likeness (QED) is 0.639. The van der Waals surface area contributed by atoms with E-state index in [2.05, 4.69) is 28.7 Å². The van der Waals surface area contributed by atoms with E-state index in [0.29, 0.717) is 0 Å². The van der Waals surface area contributed by atoms with Crippen molar-refractivity contribution >= 4 is 18.0 Å². The molecule has 0 radical (unpaired) electrons. The van der Waals surface area contributed by atoms with E-state index in [1.165, 1.54) is 0 Å². The normalized spacial score (nSPS) is 12.6. The van der Waals surface area contributed by atoms with Crippen LogP contribution in [0, 0.1) is 17.8 Å². The molecular weight excluding hydrogens is 384 g/mol. The number of benzene rings is 2. The molecule has 3 N–H and O–H groups in total. The molecule has 0 fully saturated rings. The van der Waals surface area contributed by atoms with Gasteiger partial charge in [0.15, 0.2) is 0 Å². The first-order valence-electron chi connectivity index (χ1n) is 9.55. The second-order valence-corrected chi connectivity index (χ2v) is 6.93. The van der Waals surface area contributed by atoms with Gasteiger partial charge in [0.25, 0.3) is 0 Å². The molecule has 1 unspecified atom stereocenters. The van der Waals surface area contributed by atoms with Crippen LogP contribution < -0.4 is 10.6 Å². The van der Waals surface area contributed by atoms with Gasteiger partial charge in [0.1, 0.15) is 6.61 Å². The van der Waals surface area contributed by atoms with Crippen LogP contribution in [-0.2, 0) is 14.3 Å². The highest BCUT2D eigenvalue weighted by Gasteiger charge is 2.29. The first-order chi connectivity index (χ1) is 14.5. The van der Waals surface area contributed by atoms with E-state index in [9.17, 15) is 14.4 Å². The molecule has 1 aliphatic rings. The maximum Gasteiger partial charge on any atom is 0.407 e. The fourth-order valence-corrected chi connectivity index (χ4v) is 3.40. The monoisotopic (exact) mass is 406 g/mol. The molecule has 7 nitrogen and oxygen atoms in total. The Morgan fingerprint density at radius 2 is 1.63 bits per heavy atom. The molecule has 0 saturated heterocycles. The minimum absolute atomic E-state index is 0.0309. The molecule has 0 saturated carbocycles. The number of aliphatic carboxylic acids is 1. The summed E-state index contributed by atoms with van der Waals surface area (Å²) in [5.74, 6) is 2.08. The first kappa shape index (κ1) is 20.9. The smallest absolute Gasteiger partial charge is 0.407 e. The number of hydrogen-bond donors (Lipinski definition) is 3. The van der Waals surface area contributed by atoms with Gasteiger partial charge in [-0.3, -0.25) is 4.79 Å². The molecule has 0 heterocycles. The molecular formula is C23H22N2O5. The number of fused-ring (bicyclic) bond motifs is 3. The highest BCUT2D eigenvalue weighted by molar-refractivity contribution is 5.86. The van der Waals surface area contributed by atoms with E-state index in [1.807, 2.05) is 42.3 Å². The summed E-state index contributed by atoms with van der Waals surface area (Å²) in [6.07, 6.45) is -0.595. The lowest BCUT2D eigenvalue weighted by Crippen LogP contribution is -2.38. The summed E-state index contributed by atoms with van der Waals surface area (Å²) >= 11 is 0. The highest BCUT2D eigenvalue weighted by atomic mass is 16.5. The van der Waals surface area contributed by atoms with Crippen LogP contribution in [0.3, 0.4) is 0 Å². The van der Waals surface area contributed by atoms with Gasteiger partial charge in [-0.25, -0.2) is 9.59 Å². The lowest BCUT2D eigenvalue weighted by atomic mass is 9.98. The summed E-state index contributed by atoms with van der Waals surface area (Å²) in [5, 5.41) is 13.5. The summed E-state index contributed by atoms with van der Waals surface area (Å²) in [4.78, 5) is 34.4. The minimum Gasteiger partial charge on any atom is -0.472 e. The number of ether oxygens (including phenoxy) is 1. The summed E-state index contributed by atoms with van der Waals surface area (Å²) in [6, 6.07) is 16.1. The summed E-state index contributed by atoms with van der Waals surface area (Å²) < 4.78 is 5.43. The molecule has 154 valence electrons. The number of nitrogens with one attached hydrogen (secondary N) is 2. The molecule has 1 aliphatic carbocycles. The summed E-state index contributed by atoms with van der Waals surface area (Å²) in [5.41, 5.74) is 4.56. The Hall–Kier alpha value is -3.79. The summed E-state index contributed by atoms with van der Waals surface area (Å²) in [7, 11) is 0. The Labute approximate surface area is 174 Å². The molecule has 7 heteroatoms. The van der Waals surface area contributed by atoms with Crippen molar-refractivity contribution < 1.29 is 24.2 Å². The lowest BCUT2D eigenvalue weighted by molar-refractivity contribution is -0.130. The van der Waals surface area contributed by atoms with E-state index in [1.54, 1.807) is 6.92 Å². The maximum absolute atomic E-state index is 12.1. The lowest BCUT2D eigenvalue weighted by Gasteiger charge is -2.16. The average molecular weight is 406 g/mol. The van der Waals surface area contributed by atoms with Crippen molar-refractivity contribution in [3.05, 3.63) is 59.7 Å². The van der Waals surface area contributed by atoms with Gasteiger partial charge in [0.2, 0.25) is 5.91 Å². The van der Waals surface area contributed by atoms with Crippen LogP contribution in [0.15, 0.2) is 48.5 Å². The van der Waals surface area contributed by atoms with Gasteiger partial charge in [-0.15, -0.1) is 0 Å². The van der Waals surface area contributed by atoms with Crippen molar-refractivity contribution in [1.29, 1.82) is 0 Å². The molecule has 0 spiro atoms. The molecule has 1 atom stereocenters. The number of carbonyl (C=O) groups excluding carboxylic acids is 2. The second-order valence-electron chi connectivity index (χ2n) is 6.93. The summed E-state index contributed by atoms with van der Waals surface area (Å²) in [6.45, 7) is 1.87. The van der Waals surface area contributed by atoms with Crippen LogP contribution >= 0.6 is 0 Å². The van der Waals surface area contributed by atoms with Crippen molar-refractivity contribution in [2.75, 3.05) is 19.7 Å². The van der Waals surface area contributed by atoms with Crippen LogP contribution in [-0.4, -0.2) is 42.8 Å². The number of hydrogen-bond acceptors (Lipinski definition) is 4. The largest absolute Gasteiger partial charge is 0.472 e. The maximum atomic E-state index is 12.1. The Morgan fingerprint density at radius 1 is 1.03 bits per heavy atom. The van der Waals surface area contributed by atoms with Gasteiger partial charge in [-0.05, 0) is 22.3 Å². The van der Waals surface area contributed by atoms with Crippen molar-refractivity contribution in [3.63, 3.8) is 0 Å². The Bertz CT molecular complexity index is 976. The molecule has 3 rings (SSSR count). The molecule has 0 aliphatic heterocycles. The fourth-order valence-electron chi connectivity index (χ4n) is 3.40. The fraction of sp³-hybridized carbons (Fsp3) is 0.261. The zero-order chi connectivity index (χ0) is 21.5. The second kappa shape index (κ2) is 9.61. The van der Waals surface area contributed by atoms with Crippen molar-refractivity contribution in [3.8, 4) is 23.0 Å².